The Morgan fingerprint density at radius 2 is 1.16 bits per heavy atom. The first-order valence-corrected chi connectivity index (χ1v) is 6.23. The van der Waals surface area contributed by atoms with Crippen molar-refractivity contribution >= 4 is 44.7 Å². The van der Waals surface area contributed by atoms with Crippen molar-refractivity contribution in [2.24, 2.45) is 5.73 Å². The molecule has 4 rings (SSSR count). The van der Waals surface area contributed by atoms with Gasteiger partial charge in [-0.15, -0.1) is 12.4 Å². The fourth-order valence-electron chi connectivity index (χ4n) is 2.94. The molecule has 0 saturated heterocycles. The van der Waals surface area contributed by atoms with Crippen molar-refractivity contribution in [2.75, 3.05) is 0 Å². The van der Waals surface area contributed by atoms with E-state index in [1.54, 1.807) is 0 Å². The topological polar surface area (TPSA) is 26.0 Å². The van der Waals surface area contributed by atoms with Crippen LogP contribution in [0.3, 0.4) is 0 Å². The lowest BCUT2D eigenvalue weighted by Gasteiger charge is -2.11. The first-order valence-electron chi connectivity index (χ1n) is 6.23. The smallest absolute Gasteiger partial charge is 0.0178 e. The van der Waals surface area contributed by atoms with Crippen molar-refractivity contribution in [3.8, 4) is 0 Å². The molecule has 94 valence electrons. The van der Waals surface area contributed by atoms with E-state index in [-0.39, 0.29) is 12.4 Å². The van der Waals surface area contributed by atoms with Crippen LogP contribution in [0.25, 0.3) is 32.3 Å². The molecule has 0 aromatic heterocycles. The predicted molar refractivity (Wildman–Crippen MR) is 85.3 cm³/mol. The molecule has 0 aliphatic carbocycles. The van der Waals surface area contributed by atoms with Crippen molar-refractivity contribution in [3.63, 3.8) is 0 Å². The summed E-state index contributed by atoms with van der Waals surface area (Å²) in [5.41, 5.74) is 6.96. The summed E-state index contributed by atoms with van der Waals surface area (Å²) in [5.74, 6) is 0. The molecule has 0 aliphatic heterocycles. The van der Waals surface area contributed by atoms with Crippen LogP contribution in [0.4, 0.5) is 0 Å². The lowest BCUT2D eigenvalue weighted by molar-refractivity contribution is 1.08. The number of rotatable bonds is 1. The van der Waals surface area contributed by atoms with Gasteiger partial charge in [-0.25, -0.2) is 0 Å². The Balaban J connectivity index is 0.00000110. The van der Waals surface area contributed by atoms with Gasteiger partial charge in [0.25, 0.3) is 0 Å². The Morgan fingerprint density at radius 3 is 1.68 bits per heavy atom. The van der Waals surface area contributed by atoms with Gasteiger partial charge < -0.3 is 5.73 Å². The molecule has 0 saturated carbocycles. The van der Waals surface area contributed by atoms with E-state index < -0.39 is 0 Å². The largest absolute Gasteiger partial charge is 0.326 e. The molecule has 0 fully saturated rings. The minimum atomic E-state index is 0. The fourth-order valence-corrected chi connectivity index (χ4v) is 2.94. The maximum absolute atomic E-state index is 5.77. The summed E-state index contributed by atoms with van der Waals surface area (Å²) in [6, 6.07) is 19.7. The first kappa shape index (κ1) is 12.2. The van der Waals surface area contributed by atoms with Crippen LogP contribution in [0.1, 0.15) is 5.56 Å². The van der Waals surface area contributed by atoms with E-state index >= 15 is 0 Å². The van der Waals surface area contributed by atoms with Crippen molar-refractivity contribution < 1.29 is 0 Å². The van der Waals surface area contributed by atoms with E-state index in [4.69, 9.17) is 5.73 Å². The van der Waals surface area contributed by atoms with E-state index in [9.17, 15) is 0 Å². The number of nitrogens with two attached hydrogens (primary N) is 1. The van der Waals surface area contributed by atoms with Gasteiger partial charge in [0, 0.05) is 6.54 Å². The normalized spacial score (nSPS) is 11.2. The molecule has 4 aromatic rings. The van der Waals surface area contributed by atoms with E-state index in [0.717, 1.165) is 0 Å². The van der Waals surface area contributed by atoms with E-state index in [0.29, 0.717) is 6.54 Å². The van der Waals surface area contributed by atoms with Crippen LogP contribution < -0.4 is 5.73 Å². The van der Waals surface area contributed by atoms with Gasteiger partial charge in [-0.3, -0.25) is 0 Å². The summed E-state index contributed by atoms with van der Waals surface area (Å²) in [6.07, 6.45) is 0. The minimum Gasteiger partial charge on any atom is -0.326 e. The van der Waals surface area contributed by atoms with E-state index in [1.807, 2.05) is 0 Å². The third-order valence-electron chi connectivity index (χ3n) is 3.76. The highest BCUT2D eigenvalue weighted by Gasteiger charge is 2.08. The SMILES string of the molecule is Cl.NCc1cc2ccc3cccc4ccc(c1)c2c34. The van der Waals surface area contributed by atoms with Gasteiger partial charge in [-0.1, -0.05) is 42.5 Å². The summed E-state index contributed by atoms with van der Waals surface area (Å²) >= 11 is 0. The number of halogens is 1. The van der Waals surface area contributed by atoms with Crippen LogP contribution in [-0.4, -0.2) is 0 Å². The summed E-state index contributed by atoms with van der Waals surface area (Å²) in [7, 11) is 0. The highest BCUT2D eigenvalue weighted by Crippen LogP contribution is 2.34. The molecule has 0 aliphatic rings. The molecule has 0 bridgehead atoms. The Labute approximate surface area is 117 Å². The third kappa shape index (κ3) is 1.66. The van der Waals surface area contributed by atoms with Gasteiger partial charge in [-0.2, -0.15) is 0 Å². The van der Waals surface area contributed by atoms with Crippen molar-refractivity contribution in [1.29, 1.82) is 0 Å². The van der Waals surface area contributed by atoms with Crippen LogP contribution in [-0.2, 0) is 6.54 Å². The van der Waals surface area contributed by atoms with Crippen LogP contribution in [0.5, 0.6) is 0 Å². The molecular weight excluding hydrogens is 254 g/mol. The lowest BCUT2D eigenvalue weighted by atomic mass is 9.93. The van der Waals surface area contributed by atoms with Crippen molar-refractivity contribution in [3.05, 3.63) is 60.2 Å². The zero-order valence-electron chi connectivity index (χ0n) is 10.4. The Morgan fingerprint density at radius 1 is 0.684 bits per heavy atom. The molecule has 0 atom stereocenters. The zero-order valence-corrected chi connectivity index (χ0v) is 11.2. The summed E-state index contributed by atoms with van der Waals surface area (Å²) < 4.78 is 0. The van der Waals surface area contributed by atoms with Crippen molar-refractivity contribution in [2.45, 2.75) is 6.54 Å². The molecule has 0 amide bonds. The molecule has 2 N–H and O–H groups in total. The van der Waals surface area contributed by atoms with Crippen LogP contribution >= 0.6 is 12.4 Å². The average molecular weight is 268 g/mol. The van der Waals surface area contributed by atoms with Gasteiger partial charge in [0.15, 0.2) is 0 Å². The number of hydrogen-bond acceptors (Lipinski definition) is 1. The van der Waals surface area contributed by atoms with Crippen LogP contribution in [0.2, 0.25) is 0 Å². The lowest BCUT2D eigenvalue weighted by Crippen LogP contribution is -1.96. The molecular formula is C17H14ClN. The maximum Gasteiger partial charge on any atom is 0.0178 e. The Kier molecular flexibility index (Phi) is 2.81. The fraction of sp³-hybridized carbons (Fsp3) is 0.0588. The average Bonchev–Trinajstić information content (AvgIpc) is 2.44. The molecule has 0 heterocycles. The molecule has 0 radical (unpaired) electrons. The standard InChI is InChI=1S/C17H13N.ClH/c18-10-11-8-14-6-4-12-2-1-3-13-5-7-15(9-11)17(14)16(12)13;/h1-9H,10,18H2;1H. The zero-order chi connectivity index (χ0) is 12.1. The molecule has 0 unspecified atom stereocenters. The second kappa shape index (κ2) is 4.37. The second-order valence-electron chi connectivity index (χ2n) is 4.83. The quantitative estimate of drug-likeness (QED) is 0.506. The van der Waals surface area contributed by atoms with Gasteiger partial charge in [0.05, 0.1) is 0 Å². The van der Waals surface area contributed by atoms with Gasteiger partial charge >= 0.3 is 0 Å². The Hall–Kier alpha value is -1.83. The first-order chi connectivity index (χ1) is 8.86. The predicted octanol–water partition coefficient (Wildman–Crippen LogP) is 4.46. The van der Waals surface area contributed by atoms with Crippen LogP contribution in [0.15, 0.2) is 54.6 Å². The highest BCUT2D eigenvalue weighted by atomic mass is 35.5. The molecule has 4 aromatic carbocycles. The molecule has 2 heteroatoms. The molecule has 19 heavy (non-hydrogen) atoms. The van der Waals surface area contributed by atoms with E-state index in [1.165, 1.54) is 37.9 Å². The molecule has 0 spiro atoms. The maximum atomic E-state index is 5.77. The second-order valence-corrected chi connectivity index (χ2v) is 4.83. The van der Waals surface area contributed by atoms with Gasteiger partial charge in [-0.05, 0) is 50.0 Å². The summed E-state index contributed by atoms with van der Waals surface area (Å²) in [5, 5.41) is 7.94. The minimum absolute atomic E-state index is 0. The third-order valence-corrected chi connectivity index (χ3v) is 3.76. The summed E-state index contributed by atoms with van der Waals surface area (Å²) in [4.78, 5) is 0. The van der Waals surface area contributed by atoms with Crippen LogP contribution in [0, 0.1) is 0 Å². The highest BCUT2D eigenvalue weighted by molar-refractivity contribution is 6.23. The number of hydrogen-bond donors (Lipinski definition) is 1. The number of benzene rings is 4. The monoisotopic (exact) mass is 267 g/mol. The van der Waals surface area contributed by atoms with Crippen molar-refractivity contribution in [1.82, 2.24) is 0 Å². The summed E-state index contributed by atoms with van der Waals surface area (Å²) in [6.45, 7) is 0.594. The van der Waals surface area contributed by atoms with E-state index in [2.05, 4.69) is 54.6 Å². The van der Waals surface area contributed by atoms with Gasteiger partial charge in [0.1, 0.15) is 0 Å². The Bertz CT molecular complexity index is 803. The van der Waals surface area contributed by atoms with Gasteiger partial charge in [0.2, 0.25) is 0 Å². The molecule has 1 nitrogen and oxygen atoms in total.